The zero-order valence-electron chi connectivity index (χ0n) is 23.7. The molecule has 0 atom stereocenters. The smallest absolute Gasteiger partial charge is 0.264 e. The number of carbonyl (C=O) groups excluding carboxylic acids is 3. The third kappa shape index (κ3) is 7.70. The zero-order chi connectivity index (χ0) is 30.6. The van der Waals surface area contributed by atoms with Gasteiger partial charge in [-0.3, -0.25) is 18.6 Å². The van der Waals surface area contributed by atoms with Crippen molar-refractivity contribution in [1.29, 1.82) is 0 Å². The summed E-state index contributed by atoms with van der Waals surface area (Å²) in [5.41, 5.74) is 4.24. The van der Waals surface area contributed by atoms with Crippen LogP contribution in [0, 0.1) is 0 Å². The molecule has 0 unspecified atom stereocenters. The molecule has 2 heterocycles. The van der Waals surface area contributed by atoms with Crippen LogP contribution in [0.25, 0.3) is 0 Å². The van der Waals surface area contributed by atoms with Crippen LogP contribution < -0.4 is 4.90 Å². The molecule has 3 aromatic carbocycles. The molecule has 0 radical (unpaired) electrons. The van der Waals surface area contributed by atoms with Crippen molar-refractivity contribution in [2.45, 2.75) is 25.9 Å². The van der Waals surface area contributed by atoms with Gasteiger partial charge in [0.2, 0.25) is 5.91 Å². The maximum Gasteiger partial charge on any atom is 0.264 e. The van der Waals surface area contributed by atoms with Crippen molar-refractivity contribution < 1.29 is 27.0 Å². The summed E-state index contributed by atoms with van der Waals surface area (Å²) in [4.78, 5) is 44.9. The third-order valence-electron chi connectivity index (χ3n) is 7.36. The number of rotatable bonds is 9. The summed E-state index contributed by atoms with van der Waals surface area (Å²) >= 11 is 6.01. The molecular formula is C32H32ClN3O6S. The number of aryl methyl sites for hydroxylation is 1. The Morgan fingerprint density at radius 2 is 1.44 bits per heavy atom. The first-order valence-electron chi connectivity index (χ1n) is 13.9. The van der Waals surface area contributed by atoms with E-state index in [1.165, 1.54) is 4.90 Å². The van der Waals surface area contributed by atoms with Crippen LogP contribution in [0.5, 0.6) is 0 Å². The number of carbonyl (C=O) groups is 3. The number of nitrogens with zero attached hydrogens (tertiary/aromatic N) is 3. The number of amides is 3. The number of hydrogen-bond donors (Lipinski definition) is 0. The SMILES string of the molecule is CS(=O)(=O)OCCCc1ccc2c(c1)N(Cc1ccc(C(=O)N3CC=CC3)cc1)C(=O)CN(C(=O)c1ccc(Cl)cc1)C2. The molecule has 0 saturated carbocycles. The molecule has 0 N–H and O–H groups in total. The molecule has 0 aliphatic carbocycles. The van der Waals surface area contributed by atoms with Crippen LogP contribution in [0.4, 0.5) is 5.69 Å². The van der Waals surface area contributed by atoms with Crippen LogP contribution in [-0.2, 0) is 38.6 Å². The van der Waals surface area contributed by atoms with Crippen LogP contribution in [0.2, 0.25) is 5.02 Å². The van der Waals surface area contributed by atoms with Crippen LogP contribution in [0.1, 0.15) is 43.8 Å². The summed E-state index contributed by atoms with van der Waals surface area (Å²) in [6, 6.07) is 19.5. The number of hydrogen-bond acceptors (Lipinski definition) is 6. The van der Waals surface area contributed by atoms with E-state index in [-0.39, 0.29) is 44.0 Å². The van der Waals surface area contributed by atoms with Crippen molar-refractivity contribution in [1.82, 2.24) is 9.80 Å². The van der Waals surface area contributed by atoms with Crippen molar-refractivity contribution in [3.05, 3.63) is 112 Å². The Balaban J connectivity index is 1.40. The van der Waals surface area contributed by atoms with Crippen LogP contribution in [0.15, 0.2) is 78.9 Å². The van der Waals surface area contributed by atoms with E-state index in [9.17, 15) is 22.8 Å². The van der Waals surface area contributed by atoms with E-state index in [1.54, 1.807) is 46.2 Å². The van der Waals surface area contributed by atoms with E-state index in [4.69, 9.17) is 15.8 Å². The second-order valence-corrected chi connectivity index (χ2v) is 12.7. The van der Waals surface area contributed by atoms with Crippen LogP contribution in [0.3, 0.4) is 0 Å². The highest BCUT2D eigenvalue weighted by atomic mass is 35.5. The Labute approximate surface area is 256 Å². The van der Waals surface area contributed by atoms with Crippen molar-refractivity contribution in [3.8, 4) is 0 Å². The molecule has 0 spiro atoms. The van der Waals surface area contributed by atoms with Gasteiger partial charge < -0.3 is 14.7 Å². The lowest BCUT2D eigenvalue weighted by Gasteiger charge is -2.24. The van der Waals surface area contributed by atoms with Crippen molar-refractivity contribution in [2.24, 2.45) is 0 Å². The predicted octanol–water partition coefficient (Wildman–Crippen LogP) is 4.45. The summed E-state index contributed by atoms with van der Waals surface area (Å²) in [6.07, 6.45) is 5.96. The Morgan fingerprint density at radius 1 is 0.837 bits per heavy atom. The number of halogens is 1. The molecule has 3 aromatic rings. The Kier molecular flexibility index (Phi) is 9.29. The Morgan fingerprint density at radius 3 is 2.09 bits per heavy atom. The fourth-order valence-corrected chi connectivity index (χ4v) is 5.68. The number of anilines is 1. The largest absolute Gasteiger partial charge is 0.331 e. The fraction of sp³-hybridized carbons (Fsp3) is 0.281. The molecule has 0 bridgehead atoms. The second-order valence-electron chi connectivity index (χ2n) is 10.6. The second kappa shape index (κ2) is 13.1. The molecule has 2 aliphatic rings. The van der Waals surface area contributed by atoms with Crippen LogP contribution in [-0.4, -0.2) is 68.4 Å². The minimum atomic E-state index is -3.53. The lowest BCUT2D eigenvalue weighted by Crippen LogP contribution is -2.39. The van der Waals surface area contributed by atoms with Gasteiger partial charge >= 0.3 is 0 Å². The third-order valence-corrected chi connectivity index (χ3v) is 8.21. The molecule has 9 nitrogen and oxygen atoms in total. The Hall–Kier alpha value is -3.99. The molecule has 0 saturated heterocycles. The molecule has 5 rings (SSSR count). The molecule has 0 fully saturated rings. The van der Waals surface area contributed by atoms with Gasteiger partial charge in [0.25, 0.3) is 21.9 Å². The fourth-order valence-electron chi connectivity index (χ4n) is 5.13. The molecule has 11 heteroatoms. The summed E-state index contributed by atoms with van der Waals surface area (Å²) in [5, 5.41) is 0.513. The quantitative estimate of drug-likeness (QED) is 0.199. The van der Waals surface area contributed by atoms with Crippen molar-refractivity contribution in [2.75, 3.05) is 37.4 Å². The number of benzene rings is 3. The van der Waals surface area contributed by atoms with E-state index in [0.717, 1.165) is 22.9 Å². The Bertz CT molecular complexity index is 1650. The monoisotopic (exact) mass is 621 g/mol. The summed E-state index contributed by atoms with van der Waals surface area (Å²) < 4.78 is 27.5. The highest BCUT2D eigenvalue weighted by Crippen LogP contribution is 2.30. The predicted molar refractivity (Wildman–Crippen MR) is 164 cm³/mol. The highest BCUT2D eigenvalue weighted by molar-refractivity contribution is 7.85. The minimum Gasteiger partial charge on any atom is -0.331 e. The van der Waals surface area contributed by atoms with Gasteiger partial charge in [-0.1, -0.05) is 48.0 Å². The first kappa shape index (κ1) is 30.5. The number of fused-ring (bicyclic) bond motifs is 1. The van der Waals surface area contributed by atoms with Gasteiger partial charge in [0, 0.05) is 41.5 Å². The standard InChI is InChI=1S/C32H32ClN3O6S/c1-43(40,41)42-18-4-5-23-6-11-27-21-35(32(39)26-12-14-28(33)15-13-26)22-30(37)36(29(27)19-23)20-24-7-9-25(10-8-24)31(38)34-16-2-3-17-34/h2-3,6-15,19H,4-5,16-18,20-22H2,1H3. The molecule has 0 aromatic heterocycles. The van der Waals surface area contributed by atoms with E-state index in [0.29, 0.717) is 47.8 Å². The van der Waals surface area contributed by atoms with Crippen molar-refractivity contribution in [3.63, 3.8) is 0 Å². The van der Waals surface area contributed by atoms with E-state index in [2.05, 4.69) is 0 Å². The summed E-state index contributed by atoms with van der Waals surface area (Å²) in [7, 11) is -3.53. The van der Waals surface area contributed by atoms with Gasteiger partial charge in [0.1, 0.15) is 6.54 Å². The van der Waals surface area contributed by atoms with E-state index < -0.39 is 10.1 Å². The van der Waals surface area contributed by atoms with Gasteiger partial charge in [0.15, 0.2) is 0 Å². The van der Waals surface area contributed by atoms with Crippen molar-refractivity contribution >= 4 is 45.1 Å². The summed E-state index contributed by atoms with van der Waals surface area (Å²) in [5.74, 6) is -0.574. The molecule has 3 amide bonds. The lowest BCUT2D eigenvalue weighted by molar-refractivity contribution is -0.119. The van der Waals surface area contributed by atoms with E-state index in [1.807, 2.05) is 42.5 Å². The first-order chi connectivity index (χ1) is 20.6. The molecule has 224 valence electrons. The lowest BCUT2D eigenvalue weighted by atomic mass is 10.0. The maximum atomic E-state index is 13.8. The van der Waals surface area contributed by atoms with Gasteiger partial charge in [-0.15, -0.1) is 0 Å². The zero-order valence-corrected chi connectivity index (χ0v) is 25.3. The normalized spacial score (nSPS) is 15.0. The van der Waals surface area contributed by atoms with Crippen LogP contribution >= 0.6 is 11.6 Å². The first-order valence-corrected chi connectivity index (χ1v) is 16.1. The van der Waals surface area contributed by atoms with Gasteiger partial charge in [-0.25, -0.2) is 0 Å². The van der Waals surface area contributed by atoms with Gasteiger partial charge in [0.05, 0.1) is 19.4 Å². The van der Waals surface area contributed by atoms with E-state index >= 15 is 0 Å². The average molecular weight is 622 g/mol. The maximum absolute atomic E-state index is 13.8. The molecular weight excluding hydrogens is 590 g/mol. The minimum absolute atomic E-state index is 0.0476. The molecule has 2 aliphatic heterocycles. The average Bonchev–Trinajstić information content (AvgIpc) is 3.49. The highest BCUT2D eigenvalue weighted by Gasteiger charge is 2.30. The topological polar surface area (TPSA) is 104 Å². The molecule has 43 heavy (non-hydrogen) atoms. The summed E-state index contributed by atoms with van der Waals surface area (Å²) in [6.45, 7) is 1.59. The van der Waals surface area contributed by atoms with Gasteiger partial charge in [-0.05, 0) is 72.0 Å². The van der Waals surface area contributed by atoms with Gasteiger partial charge in [-0.2, -0.15) is 8.42 Å².